The molecule has 0 spiro atoms. The molecule has 0 aliphatic heterocycles. The van der Waals surface area contributed by atoms with Gasteiger partial charge in [-0.25, -0.2) is 0 Å². The van der Waals surface area contributed by atoms with Gasteiger partial charge in [0.25, 0.3) is 0 Å². The summed E-state index contributed by atoms with van der Waals surface area (Å²) in [5.41, 5.74) is 0. The van der Waals surface area contributed by atoms with Crippen molar-refractivity contribution in [2.24, 2.45) is 35.5 Å². The molecule has 0 aromatic heterocycles. The van der Waals surface area contributed by atoms with Crippen molar-refractivity contribution < 1.29 is 10.2 Å². The van der Waals surface area contributed by atoms with E-state index in [2.05, 4.69) is 27.7 Å². The first-order valence-corrected chi connectivity index (χ1v) is 7.28. The Kier molecular flexibility index (Phi) is 3.84. The van der Waals surface area contributed by atoms with E-state index >= 15 is 0 Å². The van der Waals surface area contributed by atoms with E-state index < -0.39 is 0 Å². The van der Waals surface area contributed by atoms with Gasteiger partial charge in [-0.3, -0.25) is 0 Å². The van der Waals surface area contributed by atoms with Crippen LogP contribution in [0.15, 0.2) is 0 Å². The van der Waals surface area contributed by atoms with Crippen LogP contribution in [0.25, 0.3) is 0 Å². The standard InChI is InChI=1S/C15H28O2/c1-8(2)5-11-6-10-7-12(9(3)4)15(17)13(10)14(11)16/h8-17H,5-7H2,1-4H3/t10?,11-,12+,13?,14?,15?/m0/s1. The number of fused-ring (bicyclic) bond motifs is 1. The van der Waals surface area contributed by atoms with Gasteiger partial charge in [-0.15, -0.1) is 0 Å². The van der Waals surface area contributed by atoms with Gasteiger partial charge in [0.1, 0.15) is 0 Å². The molecule has 0 amide bonds. The molecule has 0 aromatic rings. The van der Waals surface area contributed by atoms with Crippen LogP contribution in [0.2, 0.25) is 0 Å². The van der Waals surface area contributed by atoms with Gasteiger partial charge in [0.15, 0.2) is 0 Å². The Hall–Kier alpha value is -0.0800. The molecule has 0 heterocycles. The summed E-state index contributed by atoms with van der Waals surface area (Å²) in [4.78, 5) is 0. The number of hydrogen-bond donors (Lipinski definition) is 2. The molecular weight excluding hydrogens is 212 g/mol. The largest absolute Gasteiger partial charge is 0.392 e. The molecule has 0 bridgehead atoms. The summed E-state index contributed by atoms with van der Waals surface area (Å²) in [5.74, 6) is 2.73. The van der Waals surface area contributed by atoms with Crippen molar-refractivity contribution >= 4 is 0 Å². The highest BCUT2D eigenvalue weighted by atomic mass is 16.3. The summed E-state index contributed by atoms with van der Waals surface area (Å²) in [7, 11) is 0. The predicted molar refractivity (Wildman–Crippen MR) is 69.5 cm³/mol. The van der Waals surface area contributed by atoms with Gasteiger partial charge in [0, 0.05) is 5.92 Å². The maximum atomic E-state index is 10.4. The second-order valence-electron chi connectivity index (χ2n) is 7.09. The summed E-state index contributed by atoms with van der Waals surface area (Å²) in [5, 5.41) is 20.8. The lowest BCUT2D eigenvalue weighted by Crippen LogP contribution is -2.34. The molecule has 2 fully saturated rings. The molecule has 0 saturated heterocycles. The highest BCUT2D eigenvalue weighted by Crippen LogP contribution is 2.52. The third kappa shape index (κ3) is 2.39. The zero-order valence-electron chi connectivity index (χ0n) is 11.6. The minimum absolute atomic E-state index is 0.158. The lowest BCUT2D eigenvalue weighted by Gasteiger charge is -2.27. The summed E-state index contributed by atoms with van der Waals surface area (Å²) in [6.07, 6.45) is 2.82. The lowest BCUT2D eigenvalue weighted by molar-refractivity contribution is -0.00651. The van der Waals surface area contributed by atoms with Crippen LogP contribution in [-0.2, 0) is 0 Å². The SMILES string of the molecule is CC(C)C[C@H]1CC2C[C@H](C(C)C)C(O)C2C1O. The molecule has 2 saturated carbocycles. The fourth-order valence-electron chi connectivity index (χ4n) is 4.29. The van der Waals surface area contributed by atoms with E-state index in [0.717, 1.165) is 19.3 Å². The van der Waals surface area contributed by atoms with Gasteiger partial charge < -0.3 is 10.2 Å². The van der Waals surface area contributed by atoms with E-state index in [0.29, 0.717) is 29.6 Å². The van der Waals surface area contributed by atoms with Gasteiger partial charge in [-0.05, 0) is 48.9 Å². The molecule has 17 heavy (non-hydrogen) atoms. The van der Waals surface area contributed by atoms with Gasteiger partial charge in [0.05, 0.1) is 12.2 Å². The molecule has 2 rings (SSSR count). The molecule has 4 unspecified atom stereocenters. The lowest BCUT2D eigenvalue weighted by atomic mass is 9.85. The van der Waals surface area contributed by atoms with E-state index in [4.69, 9.17) is 0 Å². The maximum absolute atomic E-state index is 10.4. The van der Waals surface area contributed by atoms with Crippen molar-refractivity contribution in [3.8, 4) is 0 Å². The van der Waals surface area contributed by atoms with Crippen LogP contribution in [0.3, 0.4) is 0 Å². The molecular formula is C15H28O2. The van der Waals surface area contributed by atoms with Crippen LogP contribution in [0.5, 0.6) is 0 Å². The first-order chi connectivity index (χ1) is 7.91. The van der Waals surface area contributed by atoms with E-state index in [1.807, 2.05) is 0 Å². The minimum Gasteiger partial charge on any atom is -0.392 e. The zero-order chi connectivity index (χ0) is 12.7. The Morgan fingerprint density at radius 1 is 1.00 bits per heavy atom. The van der Waals surface area contributed by atoms with Crippen LogP contribution < -0.4 is 0 Å². The van der Waals surface area contributed by atoms with Crippen molar-refractivity contribution in [3.05, 3.63) is 0 Å². The summed E-state index contributed by atoms with van der Waals surface area (Å²) < 4.78 is 0. The second kappa shape index (κ2) is 4.89. The monoisotopic (exact) mass is 240 g/mol. The van der Waals surface area contributed by atoms with Crippen molar-refractivity contribution in [1.82, 2.24) is 0 Å². The quantitative estimate of drug-likeness (QED) is 0.796. The van der Waals surface area contributed by atoms with Crippen LogP contribution in [0.4, 0.5) is 0 Å². The summed E-state index contributed by atoms with van der Waals surface area (Å²) in [6.45, 7) is 8.81. The summed E-state index contributed by atoms with van der Waals surface area (Å²) in [6, 6.07) is 0. The highest BCUT2D eigenvalue weighted by Gasteiger charge is 2.53. The minimum atomic E-state index is -0.271. The van der Waals surface area contributed by atoms with Crippen LogP contribution >= 0.6 is 0 Å². The van der Waals surface area contributed by atoms with Crippen LogP contribution in [-0.4, -0.2) is 22.4 Å². The Labute approximate surface area is 105 Å². The van der Waals surface area contributed by atoms with Crippen molar-refractivity contribution in [3.63, 3.8) is 0 Å². The van der Waals surface area contributed by atoms with Gasteiger partial charge in [0.2, 0.25) is 0 Å². The average Bonchev–Trinajstić information content (AvgIpc) is 2.67. The topological polar surface area (TPSA) is 40.5 Å². The Bertz CT molecular complexity index is 260. The number of hydrogen-bond acceptors (Lipinski definition) is 2. The molecule has 2 N–H and O–H groups in total. The zero-order valence-corrected chi connectivity index (χ0v) is 11.6. The Morgan fingerprint density at radius 2 is 1.65 bits per heavy atom. The van der Waals surface area contributed by atoms with Gasteiger partial charge in [-0.1, -0.05) is 27.7 Å². The molecule has 2 aliphatic rings. The molecule has 2 aliphatic carbocycles. The fraction of sp³-hybridized carbons (Fsp3) is 1.00. The molecule has 100 valence electrons. The van der Waals surface area contributed by atoms with E-state index in [1.165, 1.54) is 0 Å². The van der Waals surface area contributed by atoms with Crippen molar-refractivity contribution in [2.45, 2.75) is 59.2 Å². The number of aliphatic hydroxyl groups excluding tert-OH is 2. The van der Waals surface area contributed by atoms with E-state index in [-0.39, 0.29) is 18.1 Å². The van der Waals surface area contributed by atoms with Crippen LogP contribution in [0, 0.1) is 35.5 Å². The first-order valence-electron chi connectivity index (χ1n) is 7.28. The molecule has 0 aromatic carbocycles. The Balaban J connectivity index is 2.03. The first kappa shape index (κ1) is 13.4. The summed E-state index contributed by atoms with van der Waals surface area (Å²) >= 11 is 0. The van der Waals surface area contributed by atoms with Crippen molar-refractivity contribution in [2.75, 3.05) is 0 Å². The molecule has 2 heteroatoms. The smallest absolute Gasteiger partial charge is 0.0626 e. The molecule has 6 atom stereocenters. The Morgan fingerprint density at radius 3 is 2.12 bits per heavy atom. The third-order valence-corrected chi connectivity index (χ3v) is 5.07. The molecule has 2 nitrogen and oxygen atoms in total. The van der Waals surface area contributed by atoms with Gasteiger partial charge >= 0.3 is 0 Å². The number of aliphatic hydroxyl groups is 2. The predicted octanol–water partition coefficient (Wildman–Crippen LogP) is 2.68. The average molecular weight is 240 g/mol. The van der Waals surface area contributed by atoms with Crippen LogP contribution in [0.1, 0.15) is 47.0 Å². The molecule has 0 radical (unpaired) electrons. The third-order valence-electron chi connectivity index (χ3n) is 5.07. The van der Waals surface area contributed by atoms with E-state index in [9.17, 15) is 10.2 Å². The van der Waals surface area contributed by atoms with Crippen molar-refractivity contribution in [1.29, 1.82) is 0 Å². The maximum Gasteiger partial charge on any atom is 0.0626 e. The normalized spacial score (nSPS) is 45.9. The highest BCUT2D eigenvalue weighted by molar-refractivity contribution is 5.02. The second-order valence-corrected chi connectivity index (χ2v) is 7.09. The van der Waals surface area contributed by atoms with E-state index in [1.54, 1.807) is 0 Å². The number of rotatable bonds is 3. The van der Waals surface area contributed by atoms with Gasteiger partial charge in [-0.2, -0.15) is 0 Å². The fourth-order valence-corrected chi connectivity index (χ4v) is 4.29.